The number of aryl methyl sites for hydroxylation is 1. The average molecular weight is 258 g/mol. The SMILES string of the molecule is Cc1c[nH]c(C(=O)NC2(C(=O)O)CC(F)(F)C2)c1. The van der Waals surface area contributed by atoms with Crippen LogP contribution in [0.25, 0.3) is 0 Å². The molecule has 1 aromatic rings. The van der Waals surface area contributed by atoms with Gasteiger partial charge in [0.15, 0.2) is 0 Å². The van der Waals surface area contributed by atoms with E-state index in [0.29, 0.717) is 0 Å². The molecule has 1 aliphatic rings. The minimum atomic E-state index is -3.03. The number of H-pyrrole nitrogens is 1. The molecule has 0 radical (unpaired) electrons. The van der Waals surface area contributed by atoms with Crippen LogP contribution in [0, 0.1) is 6.92 Å². The van der Waals surface area contributed by atoms with Crippen molar-refractivity contribution < 1.29 is 23.5 Å². The van der Waals surface area contributed by atoms with E-state index in [1.807, 2.05) is 0 Å². The monoisotopic (exact) mass is 258 g/mol. The summed E-state index contributed by atoms with van der Waals surface area (Å²) < 4.78 is 25.7. The first-order valence-corrected chi connectivity index (χ1v) is 5.33. The lowest BCUT2D eigenvalue weighted by Gasteiger charge is -2.44. The van der Waals surface area contributed by atoms with Gasteiger partial charge in [0.25, 0.3) is 11.8 Å². The Labute approximate surface area is 101 Å². The van der Waals surface area contributed by atoms with E-state index in [1.165, 1.54) is 6.07 Å². The second-order valence-electron chi connectivity index (χ2n) is 4.64. The van der Waals surface area contributed by atoms with Gasteiger partial charge in [0.1, 0.15) is 11.2 Å². The highest BCUT2D eigenvalue weighted by Gasteiger charge is 2.62. The fraction of sp³-hybridized carbons (Fsp3) is 0.455. The number of carbonyl (C=O) groups excluding carboxylic acids is 1. The molecule has 1 aromatic heterocycles. The van der Waals surface area contributed by atoms with Crippen LogP contribution in [0.5, 0.6) is 0 Å². The van der Waals surface area contributed by atoms with Crippen LogP contribution >= 0.6 is 0 Å². The average Bonchev–Trinajstić information content (AvgIpc) is 2.61. The molecular weight excluding hydrogens is 246 g/mol. The highest BCUT2D eigenvalue weighted by Crippen LogP contribution is 2.45. The fourth-order valence-corrected chi connectivity index (χ4v) is 2.04. The summed E-state index contributed by atoms with van der Waals surface area (Å²) in [7, 11) is 0. The van der Waals surface area contributed by atoms with Crippen molar-refractivity contribution >= 4 is 11.9 Å². The van der Waals surface area contributed by atoms with Gasteiger partial charge in [-0.25, -0.2) is 13.6 Å². The van der Waals surface area contributed by atoms with E-state index in [1.54, 1.807) is 13.1 Å². The Hall–Kier alpha value is -1.92. The van der Waals surface area contributed by atoms with Gasteiger partial charge in [-0.1, -0.05) is 0 Å². The standard InChI is InChI=1S/C11H12F2N2O3/c1-6-2-7(14-3-6)8(16)15-10(9(17)18)4-11(12,13)5-10/h2-3,14H,4-5H2,1H3,(H,15,16)(H,17,18). The molecule has 5 nitrogen and oxygen atoms in total. The minimum Gasteiger partial charge on any atom is -0.479 e. The fourth-order valence-electron chi connectivity index (χ4n) is 2.04. The molecule has 18 heavy (non-hydrogen) atoms. The molecule has 0 aromatic carbocycles. The molecule has 0 bridgehead atoms. The number of aromatic amines is 1. The molecule has 1 fully saturated rings. The summed E-state index contributed by atoms with van der Waals surface area (Å²) in [6.45, 7) is 1.75. The number of carboxylic acids is 1. The lowest BCUT2D eigenvalue weighted by Crippen LogP contribution is -2.66. The van der Waals surface area contributed by atoms with Gasteiger partial charge in [0.2, 0.25) is 0 Å². The number of alkyl halides is 2. The maximum absolute atomic E-state index is 12.8. The second kappa shape index (κ2) is 3.79. The Balaban J connectivity index is 2.12. The van der Waals surface area contributed by atoms with E-state index in [2.05, 4.69) is 10.3 Å². The third kappa shape index (κ3) is 2.07. The molecule has 7 heteroatoms. The molecular formula is C11H12F2N2O3. The first-order chi connectivity index (χ1) is 8.24. The minimum absolute atomic E-state index is 0.156. The van der Waals surface area contributed by atoms with Gasteiger partial charge < -0.3 is 15.4 Å². The van der Waals surface area contributed by atoms with Gasteiger partial charge >= 0.3 is 5.97 Å². The maximum Gasteiger partial charge on any atom is 0.329 e. The number of halogens is 2. The molecule has 0 saturated heterocycles. The highest BCUT2D eigenvalue weighted by atomic mass is 19.3. The number of carboxylic acid groups (broad SMARTS) is 1. The van der Waals surface area contributed by atoms with E-state index in [-0.39, 0.29) is 5.69 Å². The molecule has 0 unspecified atom stereocenters. The van der Waals surface area contributed by atoms with E-state index in [0.717, 1.165) is 5.56 Å². The van der Waals surface area contributed by atoms with Crippen LogP contribution in [-0.2, 0) is 4.79 Å². The van der Waals surface area contributed by atoms with Gasteiger partial charge in [-0.15, -0.1) is 0 Å². The molecule has 1 aliphatic carbocycles. The molecule has 3 N–H and O–H groups in total. The van der Waals surface area contributed by atoms with Crippen LogP contribution in [0.1, 0.15) is 28.9 Å². The number of carbonyl (C=O) groups is 2. The number of nitrogens with one attached hydrogen (secondary N) is 2. The Morgan fingerprint density at radius 3 is 2.44 bits per heavy atom. The van der Waals surface area contributed by atoms with Crippen LogP contribution in [-0.4, -0.2) is 33.4 Å². The molecule has 1 heterocycles. The lowest BCUT2D eigenvalue weighted by molar-refractivity contribution is -0.175. The number of aliphatic carboxylic acids is 1. The first kappa shape index (κ1) is 12.5. The van der Waals surface area contributed by atoms with Crippen LogP contribution in [0.15, 0.2) is 12.3 Å². The van der Waals surface area contributed by atoms with Crippen molar-refractivity contribution in [3.05, 3.63) is 23.5 Å². The summed E-state index contributed by atoms with van der Waals surface area (Å²) in [5.74, 6) is -5.16. The van der Waals surface area contributed by atoms with Crippen molar-refractivity contribution in [1.82, 2.24) is 10.3 Å². The zero-order valence-electron chi connectivity index (χ0n) is 9.59. The van der Waals surface area contributed by atoms with Crippen molar-refractivity contribution in [3.8, 4) is 0 Å². The van der Waals surface area contributed by atoms with Gasteiger partial charge in [-0.3, -0.25) is 4.79 Å². The first-order valence-electron chi connectivity index (χ1n) is 5.33. The largest absolute Gasteiger partial charge is 0.479 e. The van der Waals surface area contributed by atoms with Crippen LogP contribution in [0.2, 0.25) is 0 Å². The summed E-state index contributed by atoms with van der Waals surface area (Å²) >= 11 is 0. The Morgan fingerprint density at radius 1 is 1.44 bits per heavy atom. The van der Waals surface area contributed by atoms with Crippen molar-refractivity contribution in [2.24, 2.45) is 0 Å². The highest BCUT2D eigenvalue weighted by molar-refractivity contribution is 5.97. The normalized spacial score (nSPS) is 19.9. The zero-order chi connectivity index (χ0) is 13.6. The third-order valence-corrected chi connectivity index (χ3v) is 2.95. The Kier molecular flexibility index (Phi) is 2.64. The predicted molar refractivity (Wildman–Crippen MR) is 57.5 cm³/mol. The number of rotatable bonds is 3. The summed E-state index contributed by atoms with van der Waals surface area (Å²) in [5.41, 5.74) is -0.911. The molecule has 0 atom stereocenters. The summed E-state index contributed by atoms with van der Waals surface area (Å²) in [6, 6.07) is 1.52. The summed E-state index contributed by atoms with van der Waals surface area (Å²) in [5, 5.41) is 11.1. The molecule has 0 aliphatic heterocycles. The zero-order valence-corrected chi connectivity index (χ0v) is 9.59. The Bertz CT molecular complexity index is 502. The number of hydrogen-bond acceptors (Lipinski definition) is 2. The van der Waals surface area contributed by atoms with Gasteiger partial charge in [-0.2, -0.15) is 0 Å². The van der Waals surface area contributed by atoms with Crippen molar-refractivity contribution in [3.63, 3.8) is 0 Å². The van der Waals surface area contributed by atoms with E-state index in [9.17, 15) is 18.4 Å². The topological polar surface area (TPSA) is 82.2 Å². The van der Waals surface area contributed by atoms with Crippen LogP contribution < -0.4 is 5.32 Å². The van der Waals surface area contributed by atoms with Gasteiger partial charge in [-0.05, 0) is 18.6 Å². The van der Waals surface area contributed by atoms with Crippen LogP contribution in [0.4, 0.5) is 8.78 Å². The van der Waals surface area contributed by atoms with Gasteiger partial charge in [0, 0.05) is 19.0 Å². The van der Waals surface area contributed by atoms with E-state index < -0.39 is 36.2 Å². The molecule has 2 rings (SSSR count). The quantitative estimate of drug-likeness (QED) is 0.764. The third-order valence-electron chi connectivity index (χ3n) is 2.95. The van der Waals surface area contributed by atoms with Crippen LogP contribution in [0.3, 0.4) is 0 Å². The van der Waals surface area contributed by atoms with Crippen molar-refractivity contribution in [2.75, 3.05) is 0 Å². The van der Waals surface area contributed by atoms with Crippen molar-refractivity contribution in [2.45, 2.75) is 31.2 Å². The Morgan fingerprint density at radius 2 is 2.06 bits per heavy atom. The maximum atomic E-state index is 12.8. The number of amides is 1. The lowest BCUT2D eigenvalue weighted by atomic mass is 9.73. The molecule has 1 saturated carbocycles. The smallest absolute Gasteiger partial charge is 0.329 e. The van der Waals surface area contributed by atoms with Crippen molar-refractivity contribution in [1.29, 1.82) is 0 Å². The molecule has 98 valence electrons. The van der Waals surface area contributed by atoms with E-state index in [4.69, 9.17) is 5.11 Å². The number of aromatic nitrogens is 1. The summed E-state index contributed by atoms with van der Waals surface area (Å²) in [6.07, 6.45) is -0.181. The predicted octanol–water partition coefficient (Wildman–Crippen LogP) is 1.31. The summed E-state index contributed by atoms with van der Waals surface area (Å²) in [4.78, 5) is 25.4. The molecule has 0 spiro atoms. The van der Waals surface area contributed by atoms with E-state index >= 15 is 0 Å². The number of hydrogen-bond donors (Lipinski definition) is 3. The second-order valence-corrected chi connectivity index (χ2v) is 4.64. The van der Waals surface area contributed by atoms with Gasteiger partial charge in [0.05, 0.1) is 0 Å². The molecule has 1 amide bonds.